The number of alkyl carbamates (subject to hydrolysis) is 1. The minimum absolute atomic E-state index is 0.0721. The van der Waals surface area contributed by atoms with Crippen LogP contribution in [0.2, 0.25) is 0 Å². The van der Waals surface area contributed by atoms with Crippen molar-refractivity contribution < 1.29 is 13.9 Å². The Hall–Kier alpha value is -3.21. The van der Waals surface area contributed by atoms with Gasteiger partial charge in [-0.2, -0.15) is 5.10 Å². The number of rotatable bonds is 7. The highest BCUT2D eigenvalue weighted by Gasteiger charge is 2.58. The molecule has 0 unspecified atom stereocenters. The second-order valence-corrected chi connectivity index (χ2v) is 10.6. The van der Waals surface area contributed by atoms with Crippen LogP contribution < -0.4 is 10.6 Å². The maximum Gasteiger partial charge on any atom is 0.407 e. The van der Waals surface area contributed by atoms with Gasteiger partial charge >= 0.3 is 6.09 Å². The van der Waals surface area contributed by atoms with Crippen LogP contribution >= 0.6 is 0 Å². The quantitative estimate of drug-likeness (QED) is 0.476. The molecule has 8 rings (SSSR count). The van der Waals surface area contributed by atoms with Crippen molar-refractivity contribution in [1.82, 2.24) is 34.8 Å². The monoisotopic (exact) mass is 480 g/mol. The van der Waals surface area contributed by atoms with Crippen molar-refractivity contribution in [3.05, 3.63) is 35.9 Å². The van der Waals surface area contributed by atoms with Crippen molar-refractivity contribution in [1.29, 1.82) is 0 Å². The Kier molecular flexibility index (Phi) is 4.77. The number of hydrogen-bond donors (Lipinski definition) is 3. The van der Waals surface area contributed by atoms with Crippen LogP contribution in [0.4, 0.5) is 21.0 Å². The Morgan fingerprint density at radius 3 is 2.89 bits per heavy atom. The summed E-state index contributed by atoms with van der Waals surface area (Å²) >= 11 is 0. The smallest absolute Gasteiger partial charge is 0.407 e. The number of anilines is 2. The minimum atomic E-state index is -1.28. The first-order chi connectivity index (χ1) is 17.0. The number of alkyl halides is 1. The van der Waals surface area contributed by atoms with Crippen LogP contribution in [0.3, 0.4) is 0 Å². The number of aromatic amines is 1. The van der Waals surface area contributed by atoms with Gasteiger partial charge in [0.1, 0.15) is 17.9 Å². The number of nitrogens with zero attached hydrogens (tertiary/aromatic N) is 5. The molecule has 35 heavy (non-hydrogen) atoms. The average Bonchev–Trinajstić information content (AvgIpc) is 3.47. The third kappa shape index (κ3) is 3.72. The lowest BCUT2D eigenvalue weighted by atomic mass is 9.50. The molecule has 2 bridgehead atoms. The molecule has 10 nitrogen and oxygen atoms in total. The molecule has 0 spiro atoms. The Morgan fingerprint density at radius 1 is 1.29 bits per heavy atom. The number of amides is 1. The molecule has 11 heteroatoms. The van der Waals surface area contributed by atoms with E-state index in [1.807, 2.05) is 16.7 Å². The molecule has 1 amide bonds. The first-order valence-electron chi connectivity index (χ1n) is 12.5. The fraction of sp³-hybridized carbons (Fsp3) is 0.583. The van der Waals surface area contributed by atoms with Gasteiger partial charge in [0.15, 0.2) is 5.82 Å². The maximum absolute atomic E-state index is 15.2. The van der Waals surface area contributed by atoms with Crippen molar-refractivity contribution in [2.75, 3.05) is 18.4 Å². The number of carbonyl (C=O) groups excluding carboxylic acids is 1. The lowest BCUT2D eigenvalue weighted by molar-refractivity contribution is -0.0532. The molecule has 1 aliphatic heterocycles. The highest BCUT2D eigenvalue weighted by Crippen LogP contribution is 2.57. The van der Waals surface area contributed by atoms with E-state index < -0.39 is 24.3 Å². The third-order valence-corrected chi connectivity index (χ3v) is 8.17. The van der Waals surface area contributed by atoms with Gasteiger partial charge in [0.25, 0.3) is 0 Å². The second-order valence-electron chi connectivity index (χ2n) is 10.6. The summed E-state index contributed by atoms with van der Waals surface area (Å²) in [5, 5.41) is 13.5. The molecule has 4 heterocycles. The Morgan fingerprint density at radius 2 is 2.14 bits per heavy atom. The molecule has 4 aliphatic carbocycles. The molecular weight excluding hydrogens is 451 g/mol. The Labute approximate surface area is 201 Å². The largest absolute Gasteiger partial charge is 0.443 e. The van der Waals surface area contributed by atoms with Crippen molar-refractivity contribution in [3.8, 4) is 0 Å². The van der Waals surface area contributed by atoms with Crippen LogP contribution in [0.5, 0.6) is 0 Å². The van der Waals surface area contributed by atoms with Gasteiger partial charge in [-0.1, -0.05) is 0 Å². The Balaban J connectivity index is 1.00. The van der Waals surface area contributed by atoms with E-state index in [4.69, 9.17) is 9.72 Å². The number of fused-ring (bicyclic) bond motifs is 1. The number of halogens is 1. The van der Waals surface area contributed by atoms with Crippen LogP contribution in [0.25, 0.3) is 5.65 Å². The van der Waals surface area contributed by atoms with Gasteiger partial charge in [-0.05, 0) is 63.6 Å². The average molecular weight is 481 g/mol. The molecule has 184 valence electrons. The lowest BCUT2D eigenvalue weighted by Crippen LogP contribution is -2.68. The number of likely N-dealkylation sites (tertiary alicyclic amines) is 1. The van der Waals surface area contributed by atoms with E-state index in [1.54, 1.807) is 12.3 Å². The third-order valence-electron chi connectivity index (χ3n) is 8.17. The van der Waals surface area contributed by atoms with Gasteiger partial charge in [-0.15, -0.1) is 0 Å². The highest BCUT2D eigenvalue weighted by molar-refractivity contribution is 5.69. The topological polar surface area (TPSA) is 112 Å². The van der Waals surface area contributed by atoms with Gasteiger partial charge in [-0.25, -0.2) is 19.2 Å². The van der Waals surface area contributed by atoms with Crippen molar-refractivity contribution >= 4 is 23.5 Å². The predicted octanol–water partition coefficient (Wildman–Crippen LogP) is 3.26. The van der Waals surface area contributed by atoms with Crippen LogP contribution in [0, 0.1) is 5.92 Å². The summed E-state index contributed by atoms with van der Waals surface area (Å²) in [4.78, 5) is 23.8. The molecular formula is C24H29FN8O2. The lowest BCUT2D eigenvalue weighted by Gasteiger charge is -2.61. The Bertz CT molecular complexity index is 1250. The first kappa shape index (κ1) is 21.1. The predicted molar refractivity (Wildman–Crippen MR) is 125 cm³/mol. The number of carbonyl (C=O) groups is 1. The zero-order chi connectivity index (χ0) is 23.6. The van der Waals surface area contributed by atoms with Crippen molar-refractivity contribution in [3.63, 3.8) is 0 Å². The molecule has 3 atom stereocenters. The molecule has 5 aliphatic rings. The van der Waals surface area contributed by atoms with E-state index in [0.717, 1.165) is 56.2 Å². The van der Waals surface area contributed by atoms with E-state index in [0.29, 0.717) is 30.3 Å². The van der Waals surface area contributed by atoms with Gasteiger partial charge < -0.3 is 15.4 Å². The molecule has 4 saturated carbocycles. The summed E-state index contributed by atoms with van der Waals surface area (Å²) < 4.78 is 22.6. The molecule has 3 aromatic rings. The first-order valence-corrected chi connectivity index (χ1v) is 12.5. The number of nitrogens with one attached hydrogen (secondary N) is 3. The van der Waals surface area contributed by atoms with Crippen LogP contribution in [0.15, 0.2) is 24.5 Å². The van der Waals surface area contributed by atoms with Crippen molar-refractivity contribution in [2.24, 2.45) is 5.92 Å². The molecule has 3 aromatic heterocycles. The molecule has 5 fully saturated rings. The number of ether oxygens (including phenoxy) is 1. The molecule has 1 saturated heterocycles. The highest BCUT2D eigenvalue weighted by atomic mass is 19.1. The van der Waals surface area contributed by atoms with E-state index in [-0.39, 0.29) is 5.54 Å². The molecule has 0 radical (unpaired) electrons. The van der Waals surface area contributed by atoms with Gasteiger partial charge in [0.05, 0.1) is 5.69 Å². The van der Waals surface area contributed by atoms with Gasteiger partial charge in [0, 0.05) is 42.2 Å². The van der Waals surface area contributed by atoms with Gasteiger partial charge in [0.2, 0.25) is 5.95 Å². The summed E-state index contributed by atoms with van der Waals surface area (Å²) in [7, 11) is 0. The fourth-order valence-electron chi connectivity index (χ4n) is 6.00. The van der Waals surface area contributed by atoms with Crippen LogP contribution in [-0.2, 0) is 11.3 Å². The van der Waals surface area contributed by atoms with Gasteiger partial charge in [-0.3, -0.25) is 14.4 Å². The zero-order valence-corrected chi connectivity index (χ0v) is 19.4. The summed E-state index contributed by atoms with van der Waals surface area (Å²) in [5.74, 6) is 1.51. The van der Waals surface area contributed by atoms with E-state index >= 15 is 4.39 Å². The van der Waals surface area contributed by atoms with E-state index in [2.05, 4.69) is 30.7 Å². The fourth-order valence-corrected chi connectivity index (χ4v) is 6.00. The summed E-state index contributed by atoms with van der Waals surface area (Å²) in [6.45, 7) is 3.06. The summed E-state index contributed by atoms with van der Waals surface area (Å²) in [6.07, 6.45) is 6.60. The number of imidazole rings is 1. The number of H-pyrrole nitrogens is 1. The minimum Gasteiger partial charge on any atom is -0.443 e. The summed E-state index contributed by atoms with van der Waals surface area (Å²) in [6, 6.07) is 3.68. The van der Waals surface area contributed by atoms with E-state index in [1.165, 1.54) is 6.42 Å². The van der Waals surface area contributed by atoms with Crippen molar-refractivity contribution in [2.45, 2.75) is 68.8 Å². The van der Waals surface area contributed by atoms with Crippen LogP contribution in [-0.4, -0.2) is 66.5 Å². The number of hydrogen-bond acceptors (Lipinski definition) is 7. The second kappa shape index (κ2) is 7.91. The molecule has 0 aromatic carbocycles. The molecule has 3 N–H and O–H groups in total. The standard InChI is InChI=1S/C24H29FN8O2/c25-21-16(2-3-18(21)35-23(34)29-24-9-14(10-24)11-24)17-8-19(31-30-17)28-22-26-5-4-20-27-15(13-33(20)22)12-32-6-1-7-32/h4-5,8,13-14,16,18,21H,1-3,6-7,9-12H2,(H,29,34)(H2,26,28,30,31)/t14?,16-,18-,21-,24?/m0/s1. The maximum atomic E-state index is 15.2. The zero-order valence-electron chi connectivity index (χ0n) is 19.4. The SMILES string of the molecule is O=C(NC12CC(C1)C2)O[C@H]1CC[C@@H](c2cc(Nc3nccc4nc(CN5CCC5)cn34)n[nH]2)[C@@H]1F. The summed E-state index contributed by atoms with van der Waals surface area (Å²) in [5.41, 5.74) is 2.42. The number of aromatic nitrogens is 5. The van der Waals surface area contributed by atoms with E-state index in [9.17, 15) is 4.79 Å². The normalized spacial score (nSPS) is 31.5. The van der Waals surface area contributed by atoms with Crippen LogP contribution in [0.1, 0.15) is 55.8 Å².